The van der Waals surface area contributed by atoms with Crippen LogP contribution in [0, 0.1) is 0 Å². The normalized spacial score (nSPS) is 12.6. The molecule has 1 aromatic heterocycles. The maximum atomic E-state index is 12.5. The molecule has 2 aromatic carbocycles. The number of para-hydroxylation sites is 1. The Hall–Kier alpha value is -2.68. The third kappa shape index (κ3) is 4.72. The number of nitrogens with one attached hydrogen (secondary N) is 2. The van der Waals surface area contributed by atoms with E-state index in [1.165, 1.54) is 31.2 Å². The summed E-state index contributed by atoms with van der Waals surface area (Å²) < 4.78 is 32.0. The summed E-state index contributed by atoms with van der Waals surface area (Å²) in [5, 5.41) is 1.15. The second kappa shape index (κ2) is 8.99. The quantitative estimate of drug-likeness (QED) is 0.405. The summed E-state index contributed by atoms with van der Waals surface area (Å²) in [6.07, 6.45) is 2.40. The summed E-state index contributed by atoms with van der Waals surface area (Å²) in [5.41, 5.74) is 2.37. The highest BCUT2D eigenvalue weighted by Gasteiger charge is 2.24. The average molecular weight is 449 g/mol. The molecular formula is C21H21ClN2O5S. The van der Waals surface area contributed by atoms with E-state index in [4.69, 9.17) is 16.3 Å². The predicted molar refractivity (Wildman–Crippen MR) is 114 cm³/mol. The van der Waals surface area contributed by atoms with Crippen LogP contribution in [0.5, 0.6) is 0 Å². The minimum absolute atomic E-state index is 0.0341. The number of aromatic amines is 1. The zero-order chi connectivity index (χ0) is 21.9. The summed E-state index contributed by atoms with van der Waals surface area (Å²) in [6.45, 7) is 2.88. The first kappa shape index (κ1) is 22.0. The Kier molecular flexibility index (Phi) is 6.60. The summed E-state index contributed by atoms with van der Waals surface area (Å²) in [7, 11) is -3.94. The van der Waals surface area contributed by atoms with Crippen LogP contribution in [0.25, 0.3) is 10.9 Å². The molecule has 0 saturated carbocycles. The fourth-order valence-corrected chi connectivity index (χ4v) is 4.36. The zero-order valence-electron chi connectivity index (χ0n) is 16.4. The summed E-state index contributed by atoms with van der Waals surface area (Å²) >= 11 is 5.76. The molecule has 0 spiro atoms. The first-order valence-corrected chi connectivity index (χ1v) is 11.2. The number of H-pyrrole nitrogens is 1. The molecule has 0 aliphatic heterocycles. The molecule has 3 aromatic rings. The van der Waals surface area contributed by atoms with Gasteiger partial charge in [-0.3, -0.25) is 9.59 Å². The standard InChI is InChI=1S/C21H21ClN2O5S/c1-3-14-5-4-6-17-18(11-23-20(14)17)19(25)12-29-21(26)13(2)24-30(27,28)16-9-7-15(22)8-10-16/h4-11,13,23-24H,3,12H2,1-2H3/t13-/m1/s1. The molecule has 9 heteroatoms. The van der Waals surface area contributed by atoms with Crippen molar-refractivity contribution in [3.05, 3.63) is 64.8 Å². The lowest BCUT2D eigenvalue weighted by atomic mass is 10.1. The number of aryl methyl sites for hydroxylation is 1. The number of esters is 1. The lowest BCUT2D eigenvalue weighted by Crippen LogP contribution is -2.40. The molecule has 7 nitrogen and oxygen atoms in total. The molecule has 158 valence electrons. The van der Waals surface area contributed by atoms with Gasteiger partial charge in [0.15, 0.2) is 6.61 Å². The Morgan fingerprint density at radius 1 is 1.17 bits per heavy atom. The number of ether oxygens (including phenoxy) is 1. The van der Waals surface area contributed by atoms with Crippen LogP contribution in [0.3, 0.4) is 0 Å². The van der Waals surface area contributed by atoms with Crippen LogP contribution in [0.4, 0.5) is 0 Å². The molecule has 1 heterocycles. The van der Waals surface area contributed by atoms with Crippen LogP contribution in [-0.2, 0) is 26.0 Å². The second-order valence-electron chi connectivity index (χ2n) is 6.72. The number of Topliss-reactive ketones (excluding diaryl/α,β-unsaturated/α-hetero) is 1. The van der Waals surface area contributed by atoms with E-state index in [9.17, 15) is 18.0 Å². The SMILES string of the molecule is CCc1cccc2c(C(=O)COC(=O)[C@@H](C)NS(=O)(=O)c3ccc(Cl)cc3)c[nH]c12. The van der Waals surface area contributed by atoms with Crippen molar-refractivity contribution < 1.29 is 22.7 Å². The molecule has 0 fully saturated rings. The van der Waals surface area contributed by atoms with Gasteiger partial charge in [-0.1, -0.05) is 36.7 Å². The number of sulfonamides is 1. The van der Waals surface area contributed by atoms with Crippen molar-refractivity contribution in [1.82, 2.24) is 9.71 Å². The smallest absolute Gasteiger partial charge is 0.324 e. The van der Waals surface area contributed by atoms with Crippen molar-refractivity contribution in [2.45, 2.75) is 31.2 Å². The first-order chi connectivity index (χ1) is 14.2. The lowest BCUT2D eigenvalue weighted by Gasteiger charge is -2.13. The van der Waals surface area contributed by atoms with Crippen molar-refractivity contribution in [2.24, 2.45) is 0 Å². The van der Waals surface area contributed by atoms with E-state index in [0.29, 0.717) is 10.6 Å². The van der Waals surface area contributed by atoms with Crippen LogP contribution >= 0.6 is 11.6 Å². The molecule has 0 saturated heterocycles. The molecule has 0 unspecified atom stereocenters. The average Bonchev–Trinajstić information content (AvgIpc) is 3.16. The minimum Gasteiger partial charge on any atom is -0.456 e. The molecule has 0 amide bonds. The molecule has 3 rings (SSSR count). The van der Waals surface area contributed by atoms with Crippen molar-refractivity contribution in [2.75, 3.05) is 6.61 Å². The van der Waals surface area contributed by atoms with Crippen LogP contribution in [0.1, 0.15) is 29.8 Å². The van der Waals surface area contributed by atoms with E-state index in [0.717, 1.165) is 22.9 Å². The number of carbonyl (C=O) groups excluding carboxylic acids is 2. The van der Waals surface area contributed by atoms with Gasteiger partial charge in [-0.25, -0.2) is 8.42 Å². The number of rotatable bonds is 8. The minimum atomic E-state index is -3.94. The van der Waals surface area contributed by atoms with Gasteiger partial charge in [0.05, 0.1) is 4.90 Å². The van der Waals surface area contributed by atoms with Gasteiger partial charge in [0, 0.05) is 27.7 Å². The Labute approximate surface area is 179 Å². The topological polar surface area (TPSA) is 105 Å². The van der Waals surface area contributed by atoms with Crippen LogP contribution in [-0.4, -0.2) is 37.8 Å². The zero-order valence-corrected chi connectivity index (χ0v) is 18.0. The molecule has 0 aliphatic carbocycles. The second-order valence-corrected chi connectivity index (χ2v) is 8.87. The van der Waals surface area contributed by atoms with Gasteiger partial charge < -0.3 is 9.72 Å². The van der Waals surface area contributed by atoms with Crippen LogP contribution in [0.15, 0.2) is 53.6 Å². The monoisotopic (exact) mass is 448 g/mol. The fraction of sp³-hybridized carbons (Fsp3) is 0.238. The number of carbonyl (C=O) groups is 2. The van der Waals surface area contributed by atoms with Gasteiger partial charge in [-0.05, 0) is 43.2 Å². The lowest BCUT2D eigenvalue weighted by molar-refractivity contribution is -0.144. The molecule has 0 radical (unpaired) electrons. The number of hydrogen-bond donors (Lipinski definition) is 2. The van der Waals surface area contributed by atoms with Gasteiger partial charge in [-0.15, -0.1) is 0 Å². The Morgan fingerprint density at radius 2 is 1.87 bits per heavy atom. The summed E-state index contributed by atoms with van der Waals surface area (Å²) in [5.74, 6) is -1.23. The highest BCUT2D eigenvalue weighted by molar-refractivity contribution is 7.89. The summed E-state index contributed by atoms with van der Waals surface area (Å²) in [6, 6.07) is 10.0. The highest BCUT2D eigenvalue weighted by atomic mass is 35.5. The number of hydrogen-bond acceptors (Lipinski definition) is 5. The molecule has 1 atom stereocenters. The van der Waals surface area contributed by atoms with Gasteiger partial charge in [-0.2, -0.15) is 4.72 Å². The molecule has 0 aliphatic rings. The fourth-order valence-electron chi connectivity index (χ4n) is 3.04. The van der Waals surface area contributed by atoms with E-state index in [-0.39, 0.29) is 10.7 Å². The Balaban J connectivity index is 1.64. The number of benzene rings is 2. The van der Waals surface area contributed by atoms with E-state index < -0.39 is 28.6 Å². The maximum Gasteiger partial charge on any atom is 0.324 e. The molecule has 30 heavy (non-hydrogen) atoms. The summed E-state index contributed by atoms with van der Waals surface area (Å²) in [4.78, 5) is 27.8. The third-order valence-electron chi connectivity index (χ3n) is 4.64. The van der Waals surface area contributed by atoms with E-state index in [2.05, 4.69) is 9.71 Å². The van der Waals surface area contributed by atoms with Gasteiger partial charge in [0.2, 0.25) is 15.8 Å². The highest BCUT2D eigenvalue weighted by Crippen LogP contribution is 2.22. The molecule has 0 bridgehead atoms. The van der Waals surface area contributed by atoms with Gasteiger partial charge in [0.25, 0.3) is 0 Å². The van der Waals surface area contributed by atoms with Crippen molar-refractivity contribution in [1.29, 1.82) is 0 Å². The largest absolute Gasteiger partial charge is 0.456 e. The Bertz CT molecular complexity index is 1190. The van der Waals surface area contributed by atoms with Gasteiger partial charge >= 0.3 is 5.97 Å². The molecular weight excluding hydrogens is 428 g/mol. The predicted octanol–water partition coefficient (Wildman–Crippen LogP) is 3.48. The molecule has 2 N–H and O–H groups in total. The number of fused-ring (bicyclic) bond motifs is 1. The third-order valence-corrected chi connectivity index (χ3v) is 6.45. The number of ketones is 1. The van der Waals surface area contributed by atoms with E-state index >= 15 is 0 Å². The number of aromatic nitrogens is 1. The maximum absolute atomic E-state index is 12.5. The van der Waals surface area contributed by atoms with Crippen LogP contribution in [0.2, 0.25) is 5.02 Å². The van der Waals surface area contributed by atoms with Crippen molar-refractivity contribution in [3.63, 3.8) is 0 Å². The van der Waals surface area contributed by atoms with E-state index in [1.54, 1.807) is 6.20 Å². The van der Waals surface area contributed by atoms with Gasteiger partial charge in [0.1, 0.15) is 6.04 Å². The first-order valence-electron chi connectivity index (χ1n) is 9.29. The van der Waals surface area contributed by atoms with Crippen LogP contribution < -0.4 is 4.72 Å². The van der Waals surface area contributed by atoms with Crippen molar-refractivity contribution in [3.8, 4) is 0 Å². The Morgan fingerprint density at radius 3 is 2.53 bits per heavy atom. The van der Waals surface area contributed by atoms with Crippen molar-refractivity contribution >= 4 is 44.3 Å². The number of halogens is 1. The van der Waals surface area contributed by atoms with E-state index in [1.807, 2.05) is 25.1 Å².